The third-order valence-corrected chi connectivity index (χ3v) is 7.23. The highest BCUT2D eigenvalue weighted by atomic mass is 32.2. The summed E-state index contributed by atoms with van der Waals surface area (Å²) in [6.45, 7) is 7.22. The van der Waals surface area contributed by atoms with Gasteiger partial charge in [0.15, 0.2) is 0 Å². The fourth-order valence-electron chi connectivity index (χ4n) is 3.78. The van der Waals surface area contributed by atoms with Gasteiger partial charge < -0.3 is 4.90 Å². The molecule has 2 aromatic carbocycles. The van der Waals surface area contributed by atoms with E-state index in [1.165, 1.54) is 4.31 Å². The zero-order valence-corrected chi connectivity index (χ0v) is 17.6. The second kappa shape index (κ2) is 8.45. The monoisotopic (exact) mass is 400 g/mol. The van der Waals surface area contributed by atoms with E-state index in [0.717, 1.165) is 16.8 Å². The smallest absolute Gasteiger partial charge is 0.243 e. The molecule has 0 spiro atoms. The first kappa shape index (κ1) is 20.6. The van der Waals surface area contributed by atoms with Crippen LogP contribution in [0.1, 0.15) is 30.9 Å². The van der Waals surface area contributed by atoms with Gasteiger partial charge in [0, 0.05) is 25.3 Å². The van der Waals surface area contributed by atoms with Gasteiger partial charge in [0.2, 0.25) is 15.9 Å². The molecule has 1 fully saturated rings. The summed E-state index contributed by atoms with van der Waals surface area (Å²) in [7, 11) is -3.58. The Morgan fingerprint density at radius 2 is 1.86 bits per heavy atom. The van der Waals surface area contributed by atoms with Gasteiger partial charge in [-0.25, -0.2) is 8.42 Å². The van der Waals surface area contributed by atoms with Crippen molar-refractivity contribution in [1.82, 2.24) is 4.31 Å². The van der Waals surface area contributed by atoms with Crippen LogP contribution in [0.25, 0.3) is 0 Å². The summed E-state index contributed by atoms with van der Waals surface area (Å²) in [6.07, 6.45) is 1.40. The number of carbonyl (C=O) groups excluding carboxylic acids is 1. The molecule has 2 aromatic rings. The number of piperidine rings is 1. The van der Waals surface area contributed by atoms with E-state index in [0.29, 0.717) is 25.9 Å². The summed E-state index contributed by atoms with van der Waals surface area (Å²) in [5.74, 6) is -0.323. The van der Waals surface area contributed by atoms with Crippen molar-refractivity contribution in [3.05, 3.63) is 59.7 Å². The van der Waals surface area contributed by atoms with Gasteiger partial charge in [0.25, 0.3) is 0 Å². The van der Waals surface area contributed by atoms with Gasteiger partial charge in [-0.05, 0) is 62.9 Å². The van der Waals surface area contributed by atoms with Crippen molar-refractivity contribution >= 4 is 21.6 Å². The molecule has 0 aliphatic carbocycles. The van der Waals surface area contributed by atoms with Crippen molar-refractivity contribution in [2.24, 2.45) is 5.92 Å². The zero-order valence-electron chi connectivity index (χ0n) is 16.8. The van der Waals surface area contributed by atoms with Gasteiger partial charge in [-0.2, -0.15) is 4.31 Å². The van der Waals surface area contributed by atoms with Crippen LogP contribution in [0.5, 0.6) is 0 Å². The number of benzene rings is 2. The molecule has 150 valence electrons. The van der Waals surface area contributed by atoms with E-state index in [9.17, 15) is 13.2 Å². The molecule has 0 aromatic heterocycles. The van der Waals surface area contributed by atoms with Gasteiger partial charge in [-0.1, -0.05) is 30.3 Å². The molecule has 5 nitrogen and oxygen atoms in total. The second-order valence-electron chi connectivity index (χ2n) is 7.39. The van der Waals surface area contributed by atoms with E-state index in [1.54, 1.807) is 35.2 Å². The summed E-state index contributed by atoms with van der Waals surface area (Å²) in [5.41, 5.74) is 3.06. The van der Waals surface area contributed by atoms with E-state index in [-0.39, 0.29) is 23.3 Å². The third kappa shape index (κ3) is 4.13. The highest BCUT2D eigenvalue weighted by Gasteiger charge is 2.35. The van der Waals surface area contributed by atoms with Crippen molar-refractivity contribution < 1.29 is 13.2 Å². The van der Waals surface area contributed by atoms with Crippen molar-refractivity contribution in [2.75, 3.05) is 24.5 Å². The number of amides is 1. The lowest BCUT2D eigenvalue weighted by Crippen LogP contribution is -2.47. The van der Waals surface area contributed by atoms with Gasteiger partial charge in [-0.15, -0.1) is 0 Å². The first-order valence-electron chi connectivity index (χ1n) is 9.78. The normalized spacial score (nSPS) is 18.0. The molecule has 1 unspecified atom stereocenters. The lowest BCUT2D eigenvalue weighted by molar-refractivity contribution is -0.123. The molecule has 0 bridgehead atoms. The Bertz CT molecular complexity index is 942. The van der Waals surface area contributed by atoms with Gasteiger partial charge in [-0.3, -0.25) is 4.79 Å². The molecule has 1 amide bonds. The van der Waals surface area contributed by atoms with Crippen molar-refractivity contribution in [1.29, 1.82) is 0 Å². The predicted octanol–water partition coefficient (Wildman–Crippen LogP) is 3.76. The fourth-order valence-corrected chi connectivity index (χ4v) is 5.32. The number of anilines is 1. The van der Waals surface area contributed by atoms with Crippen LogP contribution in [0.2, 0.25) is 0 Å². The highest BCUT2D eigenvalue weighted by Crippen LogP contribution is 2.28. The maximum atomic E-state index is 13.3. The highest BCUT2D eigenvalue weighted by molar-refractivity contribution is 7.89. The van der Waals surface area contributed by atoms with Crippen LogP contribution in [0, 0.1) is 19.8 Å². The molecule has 28 heavy (non-hydrogen) atoms. The summed E-state index contributed by atoms with van der Waals surface area (Å²) in [4.78, 5) is 15.4. The minimum absolute atomic E-state index is 0.00385. The first-order valence-corrected chi connectivity index (χ1v) is 11.2. The predicted molar refractivity (Wildman–Crippen MR) is 112 cm³/mol. The molecule has 6 heteroatoms. The topological polar surface area (TPSA) is 57.7 Å². The number of rotatable bonds is 5. The van der Waals surface area contributed by atoms with Crippen LogP contribution in [0.3, 0.4) is 0 Å². The zero-order chi connectivity index (χ0) is 20.3. The molecular formula is C22H28N2O3S. The van der Waals surface area contributed by atoms with Gasteiger partial charge in [0.05, 0.1) is 10.8 Å². The number of nitrogens with zero attached hydrogens (tertiary/aromatic N) is 2. The Balaban J connectivity index is 1.83. The molecule has 0 saturated carbocycles. The average molecular weight is 401 g/mol. The molecular weight excluding hydrogens is 372 g/mol. The molecule has 1 aliphatic heterocycles. The van der Waals surface area contributed by atoms with E-state index in [2.05, 4.69) is 0 Å². The lowest BCUT2D eigenvalue weighted by atomic mass is 9.97. The van der Waals surface area contributed by atoms with E-state index < -0.39 is 10.0 Å². The average Bonchev–Trinajstić information content (AvgIpc) is 2.71. The summed E-state index contributed by atoms with van der Waals surface area (Å²) < 4.78 is 27.4. The molecule has 3 rings (SSSR count). The standard InChI is InChI=1S/C22H28N2O3S/c1-4-24(21-15-17(2)12-13-18(21)3)22(25)19-9-8-14-23(16-19)28(26,27)20-10-6-5-7-11-20/h5-7,10-13,15,19H,4,8-9,14,16H2,1-3H3. The van der Waals surface area contributed by atoms with Crippen LogP contribution < -0.4 is 4.90 Å². The lowest BCUT2D eigenvalue weighted by Gasteiger charge is -2.34. The van der Waals surface area contributed by atoms with E-state index in [1.807, 2.05) is 39.0 Å². The Labute approximate surface area is 168 Å². The maximum Gasteiger partial charge on any atom is 0.243 e. The maximum absolute atomic E-state index is 13.3. The van der Waals surface area contributed by atoms with Crippen LogP contribution in [0.4, 0.5) is 5.69 Å². The largest absolute Gasteiger partial charge is 0.312 e. The van der Waals surface area contributed by atoms with Gasteiger partial charge >= 0.3 is 0 Å². The minimum Gasteiger partial charge on any atom is -0.312 e. The number of sulfonamides is 1. The Morgan fingerprint density at radius 3 is 2.54 bits per heavy atom. The molecule has 1 saturated heterocycles. The second-order valence-corrected chi connectivity index (χ2v) is 9.33. The Kier molecular flexibility index (Phi) is 6.20. The van der Waals surface area contributed by atoms with Crippen LogP contribution in [0.15, 0.2) is 53.4 Å². The number of hydrogen-bond acceptors (Lipinski definition) is 3. The molecule has 1 atom stereocenters. The van der Waals surface area contributed by atoms with Crippen LogP contribution >= 0.6 is 0 Å². The number of aryl methyl sites for hydroxylation is 2. The van der Waals surface area contributed by atoms with Gasteiger partial charge in [0.1, 0.15) is 0 Å². The molecule has 0 radical (unpaired) electrons. The van der Waals surface area contributed by atoms with E-state index in [4.69, 9.17) is 0 Å². The Morgan fingerprint density at radius 1 is 1.14 bits per heavy atom. The molecule has 0 N–H and O–H groups in total. The van der Waals surface area contributed by atoms with E-state index >= 15 is 0 Å². The minimum atomic E-state index is -3.58. The van der Waals surface area contributed by atoms with Crippen molar-refractivity contribution in [3.8, 4) is 0 Å². The van der Waals surface area contributed by atoms with Crippen molar-refractivity contribution in [3.63, 3.8) is 0 Å². The SMILES string of the molecule is CCN(C(=O)C1CCCN(S(=O)(=O)c2ccccc2)C1)c1cc(C)ccc1C. The summed E-state index contributed by atoms with van der Waals surface area (Å²) in [5, 5.41) is 0. The van der Waals surface area contributed by atoms with Crippen LogP contribution in [-0.4, -0.2) is 38.3 Å². The third-order valence-electron chi connectivity index (χ3n) is 5.35. The van der Waals surface area contributed by atoms with Crippen molar-refractivity contribution in [2.45, 2.75) is 38.5 Å². The summed E-state index contributed by atoms with van der Waals surface area (Å²) >= 11 is 0. The fraction of sp³-hybridized carbons (Fsp3) is 0.409. The number of hydrogen-bond donors (Lipinski definition) is 0. The van der Waals surface area contributed by atoms with Crippen LogP contribution in [-0.2, 0) is 14.8 Å². The summed E-state index contributed by atoms with van der Waals surface area (Å²) in [6, 6.07) is 14.5. The number of carbonyl (C=O) groups is 1. The molecule has 1 heterocycles. The molecule has 1 aliphatic rings. The Hall–Kier alpha value is -2.18. The first-order chi connectivity index (χ1) is 13.3. The quantitative estimate of drug-likeness (QED) is 0.768.